The summed E-state index contributed by atoms with van der Waals surface area (Å²) < 4.78 is 6.93. The second kappa shape index (κ2) is 5.96. The Hall–Kier alpha value is -2.08. The summed E-state index contributed by atoms with van der Waals surface area (Å²) in [5.41, 5.74) is 3.42. The van der Waals surface area contributed by atoms with Gasteiger partial charge in [-0.15, -0.1) is 0 Å². The minimum absolute atomic E-state index is 0.112. The quantitative estimate of drug-likeness (QED) is 0.931. The monoisotopic (exact) mass is 303 g/mol. The SMILES string of the molecule is CCn1nc(C(=O)N(C)Cc2ccoc2)c2c1CCC(O)C2. The molecule has 1 amide bonds. The van der Waals surface area contributed by atoms with Gasteiger partial charge in [-0.2, -0.15) is 5.10 Å². The van der Waals surface area contributed by atoms with Crippen molar-refractivity contribution >= 4 is 5.91 Å². The van der Waals surface area contributed by atoms with E-state index in [2.05, 4.69) is 5.10 Å². The van der Waals surface area contributed by atoms with E-state index in [9.17, 15) is 9.90 Å². The number of amides is 1. The van der Waals surface area contributed by atoms with E-state index in [1.807, 2.05) is 17.7 Å². The van der Waals surface area contributed by atoms with E-state index in [-0.39, 0.29) is 12.0 Å². The normalized spacial score (nSPS) is 17.3. The topological polar surface area (TPSA) is 71.5 Å². The first-order valence-corrected chi connectivity index (χ1v) is 7.63. The third-order valence-electron chi connectivity index (χ3n) is 4.17. The average molecular weight is 303 g/mol. The number of fused-ring (bicyclic) bond motifs is 1. The summed E-state index contributed by atoms with van der Waals surface area (Å²) in [5.74, 6) is -0.112. The van der Waals surface area contributed by atoms with Gasteiger partial charge in [0.1, 0.15) is 0 Å². The molecular formula is C16H21N3O3. The molecule has 3 rings (SSSR count). The number of aromatic nitrogens is 2. The number of aliphatic hydroxyl groups is 1. The van der Waals surface area contributed by atoms with Crippen molar-refractivity contribution in [1.29, 1.82) is 0 Å². The maximum Gasteiger partial charge on any atom is 0.274 e. The molecule has 118 valence electrons. The molecule has 2 heterocycles. The zero-order chi connectivity index (χ0) is 15.7. The lowest BCUT2D eigenvalue weighted by atomic mass is 9.93. The van der Waals surface area contributed by atoms with Crippen molar-refractivity contribution in [3.05, 3.63) is 41.1 Å². The van der Waals surface area contributed by atoms with Gasteiger partial charge in [-0.05, 0) is 25.8 Å². The molecule has 0 radical (unpaired) electrons. The van der Waals surface area contributed by atoms with Gasteiger partial charge in [-0.3, -0.25) is 9.48 Å². The van der Waals surface area contributed by atoms with E-state index < -0.39 is 0 Å². The van der Waals surface area contributed by atoms with Crippen LogP contribution in [0.15, 0.2) is 23.0 Å². The number of carbonyl (C=O) groups excluding carboxylic acids is 1. The van der Waals surface area contributed by atoms with E-state index >= 15 is 0 Å². The van der Waals surface area contributed by atoms with Crippen LogP contribution in [0.4, 0.5) is 0 Å². The van der Waals surface area contributed by atoms with Crippen LogP contribution in [0.5, 0.6) is 0 Å². The van der Waals surface area contributed by atoms with Crippen molar-refractivity contribution < 1.29 is 14.3 Å². The summed E-state index contributed by atoms with van der Waals surface area (Å²) in [7, 11) is 1.76. The van der Waals surface area contributed by atoms with E-state index in [0.717, 1.165) is 36.2 Å². The van der Waals surface area contributed by atoms with Crippen LogP contribution < -0.4 is 0 Å². The maximum absolute atomic E-state index is 12.7. The lowest BCUT2D eigenvalue weighted by Crippen LogP contribution is -2.28. The van der Waals surface area contributed by atoms with Crippen molar-refractivity contribution in [2.45, 2.75) is 45.4 Å². The molecule has 1 aliphatic carbocycles. The molecule has 1 unspecified atom stereocenters. The number of aryl methyl sites for hydroxylation is 1. The van der Waals surface area contributed by atoms with Crippen molar-refractivity contribution in [1.82, 2.24) is 14.7 Å². The highest BCUT2D eigenvalue weighted by molar-refractivity contribution is 5.94. The molecular weight excluding hydrogens is 282 g/mol. The maximum atomic E-state index is 12.7. The van der Waals surface area contributed by atoms with Gasteiger partial charge in [0.25, 0.3) is 5.91 Å². The zero-order valence-electron chi connectivity index (χ0n) is 13.0. The summed E-state index contributed by atoms with van der Waals surface area (Å²) in [4.78, 5) is 14.4. The minimum atomic E-state index is -0.382. The summed E-state index contributed by atoms with van der Waals surface area (Å²) in [5, 5.41) is 14.4. The van der Waals surface area contributed by atoms with Gasteiger partial charge in [0.15, 0.2) is 5.69 Å². The van der Waals surface area contributed by atoms with Crippen LogP contribution in [0.3, 0.4) is 0 Å². The van der Waals surface area contributed by atoms with Gasteiger partial charge < -0.3 is 14.4 Å². The molecule has 0 saturated carbocycles. The molecule has 0 fully saturated rings. The second-order valence-electron chi connectivity index (χ2n) is 5.78. The molecule has 22 heavy (non-hydrogen) atoms. The number of hydrogen-bond acceptors (Lipinski definition) is 4. The summed E-state index contributed by atoms with van der Waals surface area (Å²) in [6.45, 7) is 3.23. The fraction of sp³-hybridized carbons (Fsp3) is 0.500. The van der Waals surface area contributed by atoms with E-state index in [1.165, 1.54) is 0 Å². The van der Waals surface area contributed by atoms with Crippen LogP contribution in [-0.4, -0.2) is 38.8 Å². The molecule has 0 spiro atoms. The highest BCUT2D eigenvalue weighted by atomic mass is 16.3. The first-order chi connectivity index (χ1) is 10.6. The highest BCUT2D eigenvalue weighted by Crippen LogP contribution is 2.26. The van der Waals surface area contributed by atoms with Gasteiger partial charge in [0.05, 0.1) is 18.6 Å². The Bertz CT molecular complexity index is 660. The predicted molar refractivity (Wildman–Crippen MR) is 80.4 cm³/mol. The third kappa shape index (κ3) is 2.66. The fourth-order valence-corrected chi connectivity index (χ4v) is 3.01. The number of furan rings is 1. The Kier molecular flexibility index (Phi) is 4.02. The smallest absolute Gasteiger partial charge is 0.274 e. The van der Waals surface area contributed by atoms with Crippen LogP contribution in [0, 0.1) is 0 Å². The van der Waals surface area contributed by atoms with Gasteiger partial charge >= 0.3 is 0 Å². The van der Waals surface area contributed by atoms with Crippen LogP contribution in [0.1, 0.15) is 40.7 Å². The standard InChI is InChI=1S/C16H21N3O3/c1-3-19-14-5-4-12(20)8-13(14)15(17-19)16(21)18(2)9-11-6-7-22-10-11/h6-7,10,12,20H,3-5,8-9H2,1-2H3. The van der Waals surface area contributed by atoms with Gasteiger partial charge in [-0.1, -0.05) is 0 Å². The molecule has 2 aromatic rings. The summed E-state index contributed by atoms with van der Waals surface area (Å²) >= 11 is 0. The first-order valence-electron chi connectivity index (χ1n) is 7.63. The predicted octanol–water partition coefficient (Wildman–Crippen LogP) is 1.62. The second-order valence-corrected chi connectivity index (χ2v) is 5.78. The van der Waals surface area contributed by atoms with Crippen LogP contribution in [0.25, 0.3) is 0 Å². The van der Waals surface area contributed by atoms with Gasteiger partial charge in [0.2, 0.25) is 0 Å². The van der Waals surface area contributed by atoms with E-state index in [1.54, 1.807) is 24.5 Å². The minimum Gasteiger partial charge on any atom is -0.472 e. The molecule has 0 bridgehead atoms. The Balaban J connectivity index is 1.87. The first kappa shape index (κ1) is 14.8. The van der Waals surface area contributed by atoms with Gasteiger partial charge in [-0.25, -0.2) is 0 Å². The van der Waals surface area contributed by atoms with Crippen molar-refractivity contribution in [3.8, 4) is 0 Å². The Labute approximate surface area is 129 Å². The molecule has 6 heteroatoms. The number of aliphatic hydroxyl groups excluding tert-OH is 1. The van der Waals surface area contributed by atoms with Crippen molar-refractivity contribution in [2.24, 2.45) is 0 Å². The number of nitrogens with zero attached hydrogens (tertiary/aromatic N) is 3. The van der Waals surface area contributed by atoms with Crippen molar-refractivity contribution in [3.63, 3.8) is 0 Å². The van der Waals surface area contributed by atoms with E-state index in [4.69, 9.17) is 4.42 Å². The molecule has 2 aromatic heterocycles. The Morgan fingerprint density at radius 1 is 1.59 bits per heavy atom. The van der Waals surface area contributed by atoms with Crippen LogP contribution >= 0.6 is 0 Å². The number of carbonyl (C=O) groups is 1. The Morgan fingerprint density at radius 2 is 2.41 bits per heavy atom. The molecule has 1 N–H and O–H groups in total. The highest BCUT2D eigenvalue weighted by Gasteiger charge is 2.29. The summed E-state index contributed by atoms with van der Waals surface area (Å²) in [6.07, 6.45) is 4.86. The fourth-order valence-electron chi connectivity index (χ4n) is 3.01. The molecule has 0 aromatic carbocycles. The molecule has 0 aliphatic heterocycles. The average Bonchev–Trinajstić information content (AvgIpc) is 3.13. The zero-order valence-corrected chi connectivity index (χ0v) is 13.0. The summed E-state index contributed by atoms with van der Waals surface area (Å²) in [6, 6.07) is 1.84. The number of rotatable bonds is 4. The van der Waals surface area contributed by atoms with Crippen LogP contribution in [0.2, 0.25) is 0 Å². The molecule has 0 saturated heterocycles. The molecule has 1 atom stereocenters. The third-order valence-corrected chi connectivity index (χ3v) is 4.17. The number of hydrogen-bond donors (Lipinski definition) is 1. The largest absolute Gasteiger partial charge is 0.472 e. The molecule has 1 aliphatic rings. The lowest BCUT2D eigenvalue weighted by molar-refractivity contribution is 0.0776. The van der Waals surface area contributed by atoms with Gasteiger partial charge in [0, 0.05) is 43.4 Å². The van der Waals surface area contributed by atoms with Crippen LogP contribution in [-0.2, 0) is 25.9 Å². The Morgan fingerprint density at radius 3 is 3.09 bits per heavy atom. The van der Waals surface area contributed by atoms with Crippen molar-refractivity contribution in [2.75, 3.05) is 7.05 Å². The van der Waals surface area contributed by atoms with E-state index in [0.29, 0.717) is 18.7 Å². The molecule has 6 nitrogen and oxygen atoms in total. The lowest BCUT2D eigenvalue weighted by Gasteiger charge is -2.20.